The van der Waals surface area contributed by atoms with Gasteiger partial charge < -0.3 is 5.73 Å². The second-order valence-electron chi connectivity index (χ2n) is 3.59. The van der Waals surface area contributed by atoms with E-state index in [1.165, 1.54) is 17.5 Å². The summed E-state index contributed by atoms with van der Waals surface area (Å²) in [6.07, 6.45) is 2.28. The van der Waals surface area contributed by atoms with E-state index in [1.807, 2.05) is 0 Å². The third kappa shape index (κ3) is 2.85. The van der Waals surface area contributed by atoms with Gasteiger partial charge >= 0.3 is 0 Å². The lowest BCUT2D eigenvalue weighted by molar-refractivity contribution is 0.614. The molecule has 1 unspecified atom stereocenters. The highest BCUT2D eigenvalue weighted by atomic mass is 14.5. The molecule has 0 heterocycles. The van der Waals surface area contributed by atoms with Crippen LogP contribution in [0.25, 0.3) is 0 Å². The predicted octanol–water partition coefficient (Wildman–Crippen LogP) is 2.84. The van der Waals surface area contributed by atoms with Crippen LogP contribution in [0.1, 0.15) is 36.8 Å². The zero-order chi connectivity index (χ0) is 9.68. The number of aryl methyl sites for hydroxylation is 1. The van der Waals surface area contributed by atoms with Gasteiger partial charge in [-0.2, -0.15) is 0 Å². The molecule has 0 fully saturated rings. The van der Waals surface area contributed by atoms with Gasteiger partial charge in [0.05, 0.1) is 0 Å². The number of hydrogen-bond donors (Lipinski definition) is 1. The van der Waals surface area contributed by atoms with Crippen molar-refractivity contribution >= 4 is 0 Å². The highest BCUT2D eigenvalue weighted by Gasteiger charge is 2.06. The molecule has 2 N–H and O–H groups in total. The van der Waals surface area contributed by atoms with Gasteiger partial charge in [0, 0.05) is 0 Å². The molecule has 0 bridgehead atoms. The fourth-order valence-corrected chi connectivity index (χ4v) is 1.65. The molecule has 1 atom stereocenters. The van der Waals surface area contributed by atoms with Gasteiger partial charge in [0.1, 0.15) is 0 Å². The molecule has 0 saturated heterocycles. The van der Waals surface area contributed by atoms with E-state index in [0.29, 0.717) is 5.92 Å². The van der Waals surface area contributed by atoms with Crippen LogP contribution in [0.3, 0.4) is 0 Å². The van der Waals surface area contributed by atoms with Crippen molar-refractivity contribution in [2.24, 2.45) is 5.73 Å². The summed E-state index contributed by atoms with van der Waals surface area (Å²) in [7, 11) is 0. The summed E-state index contributed by atoms with van der Waals surface area (Å²) < 4.78 is 0. The number of nitrogens with two attached hydrogens (primary N) is 1. The molecular weight excluding hydrogens is 158 g/mol. The van der Waals surface area contributed by atoms with E-state index in [0.717, 1.165) is 13.0 Å². The highest BCUT2D eigenvalue weighted by Crippen LogP contribution is 2.22. The summed E-state index contributed by atoms with van der Waals surface area (Å²) >= 11 is 0. The molecule has 1 heteroatoms. The smallest absolute Gasteiger partial charge is 0.00714 e. The van der Waals surface area contributed by atoms with Crippen LogP contribution in [0.2, 0.25) is 0 Å². The molecule has 1 aromatic rings. The second-order valence-corrected chi connectivity index (χ2v) is 3.59. The van der Waals surface area contributed by atoms with Crippen LogP contribution >= 0.6 is 0 Å². The van der Waals surface area contributed by atoms with Gasteiger partial charge in [-0.3, -0.25) is 0 Å². The molecular formula is C12H19N. The van der Waals surface area contributed by atoms with E-state index < -0.39 is 0 Å². The summed E-state index contributed by atoms with van der Waals surface area (Å²) in [4.78, 5) is 0. The normalized spacial score (nSPS) is 12.8. The summed E-state index contributed by atoms with van der Waals surface area (Å²) in [5.74, 6) is 0.644. The zero-order valence-corrected chi connectivity index (χ0v) is 8.59. The molecule has 0 aromatic heterocycles. The minimum atomic E-state index is 0.644. The van der Waals surface area contributed by atoms with Crippen LogP contribution in [0.5, 0.6) is 0 Å². The average molecular weight is 177 g/mol. The topological polar surface area (TPSA) is 26.0 Å². The third-order valence-electron chi connectivity index (χ3n) is 2.56. The van der Waals surface area contributed by atoms with Crippen LogP contribution in [0, 0.1) is 6.92 Å². The fraction of sp³-hybridized carbons (Fsp3) is 0.500. The van der Waals surface area contributed by atoms with Gasteiger partial charge in [0.2, 0.25) is 0 Å². The molecule has 0 radical (unpaired) electrons. The fourth-order valence-electron chi connectivity index (χ4n) is 1.65. The van der Waals surface area contributed by atoms with E-state index in [2.05, 4.69) is 38.1 Å². The Balaban J connectivity index is 2.73. The standard InChI is InChI=1S/C12H19N/c1-3-11(8-9-13)12-6-4-10(2)5-7-12/h4-7,11H,3,8-9,13H2,1-2H3. The van der Waals surface area contributed by atoms with Crippen molar-refractivity contribution in [1.82, 2.24) is 0 Å². The van der Waals surface area contributed by atoms with Crippen molar-refractivity contribution < 1.29 is 0 Å². The van der Waals surface area contributed by atoms with Gasteiger partial charge in [0.15, 0.2) is 0 Å². The summed E-state index contributed by atoms with van der Waals surface area (Å²) in [6, 6.07) is 8.79. The van der Waals surface area contributed by atoms with Crippen molar-refractivity contribution in [1.29, 1.82) is 0 Å². The highest BCUT2D eigenvalue weighted by molar-refractivity contribution is 5.24. The first-order valence-electron chi connectivity index (χ1n) is 5.04. The third-order valence-corrected chi connectivity index (χ3v) is 2.56. The zero-order valence-electron chi connectivity index (χ0n) is 8.59. The Morgan fingerprint density at radius 1 is 1.23 bits per heavy atom. The van der Waals surface area contributed by atoms with Gasteiger partial charge in [-0.05, 0) is 37.8 Å². The van der Waals surface area contributed by atoms with Crippen LogP contribution in [-0.2, 0) is 0 Å². The lowest BCUT2D eigenvalue weighted by Gasteiger charge is -2.13. The van der Waals surface area contributed by atoms with Crippen LogP contribution in [0.4, 0.5) is 0 Å². The van der Waals surface area contributed by atoms with E-state index in [4.69, 9.17) is 5.73 Å². The maximum atomic E-state index is 5.57. The summed E-state index contributed by atoms with van der Waals surface area (Å²) in [5, 5.41) is 0. The molecule has 72 valence electrons. The molecule has 0 amide bonds. The maximum absolute atomic E-state index is 5.57. The monoisotopic (exact) mass is 177 g/mol. The maximum Gasteiger partial charge on any atom is -0.00714 e. The van der Waals surface area contributed by atoms with Crippen LogP contribution < -0.4 is 5.73 Å². The second kappa shape index (κ2) is 5.03. The largest absolute Gasteiger partial charge is 0.330 e. The molecule has 13 heavy (non-hydrogen) atoms. The Bertz CT molecular complexity index is 238. The minimum absolute atomic E-state index is 0.644. The summed E-state index contributed by atoms with van der Waals surface area (Å²) in [6.45, 7) is 5.13. The predicted molar refractivity (Wildman–Crippen MR) is 57.9 cm³/mol. The first kappa shape index (κ1) is 10.3. The molecule has 0 aliphatic heterocycles. The van der Waals surface area contributed by atoms with Crippen molar-refractivity contribution in [2.75, 3.05) is 6.54 Å². The summed E-state index contributed by atoms with van der Waals surface area (Å²) in [5.41, 5.74) is 8.33. The van der Waals surface area contributed by atoms with E-state index >= 15 is 0 Å². The Labute approximate surface area is 81.0 Å². The molecule has 0 aliphatic carbocycles. The van der Waals surface area contributed by atoms with Gasteiger partial charge in [-0.25, -0.2) is 0 Å². The molecule has 1 rings (SSSR count). The minimum Gasteiger partial charge on any atom is -0.330 e. The average Bonchev–Trinajstić information content (AvgIpc) is 2.16. The molecule has 0 saturated carbocycles. The van der Waals surface area contributed by atoms with Crippen LogP contribution in [-0.4, -0.2) is 6.54 Å². The Kier molecular flexibility index (Phi) is 3.97. The van der Waals surface area contributed by atoms with E-state index in [-0.39, 0.29) is 0 Å². The van der Waals surface area contributed by atoms with Crippen LogP contribution in [0.15, 0.2) is 24.3 Å². The molecule has 1 nitrogen and oxygen atoms in total. The van der Waals surface area contributed by atoms with Crippen molar-refractivity contribution in [3.05, 3.63) is 35.4 Å². The Morgan fingerprint density at radius 3 is 2.31 bits per heavy atom. The lowest BCUT2D eigenvalue weighted by Crippen LogP contribution is -2.06. The lowest BCUT2D eigenvalue weighted by atomic mass is 9.93. The Morgan fingerprint density at radius 2 is 1.85 bits per heavy atom. The molecule has 0 spiro atoms. The van der Waals surface area contributed by atoms with Crippen molar-refractivity contribution in [3.63, 3.8) is 0 Å². The van der Waals surface area contributed by atoms with Gasteiger partial charge in [-0.15, -0.1) is 0 Å². The quantitative estimate of drug-likeness (QED) is 0.752. The molecule has 1 aromatic carbocycles. The molecule has 0 aliphatic rings. The SMILES string of the molecule is CCC(CCN)c1ccc(C)cc1. The van der Waals surface area contributed by atoms with Crippen molar-refractivity contribution in [2.45, 2.75) is 32.6 Å². The number of rotatable bonds is 4. The number of hydrogen-bond acceptors (Lipinski definition) is 1. The first-order chi connectivity index (χ1) is 6.27. The first-order valence-corrected chi connectivity index (χ1v) is 5.04. The van der Waals surface area contributed by atoms with Gasteiger partial charge in [-0.1, -0.05) is 36.8 Å². The number of benzene rings is 1. The van der Waals surface area contributed by atoms with Crippen molar-refractivity contribution in [3.8, 4) is 0 Å². The van der Waals surface area contributed by atoms with Gasteiger partial charge in [0.25, 0.3) is 0 Å². The van der Waals surface area contributed by atoms with E-state index in [9.17, 15) is 0 Å². The van der Waals surface area contributed by atoms with E-state index in [1.54, 1.807) is 0 Å². The Hall–Kier alpha value is -0.820.